The molecule has 0 rings (SSSR count). The van der Waals surface area contributed by atoms with Crippen molar-refractivity contribution in [1.82, 2.24) is 0 Å². The van der Waals surface area contributed by atoms with Crippen molar-refractivity contribution in [2.45, 2.75) is 33.6 Å². The molecule has 0 fully saturated rings. The first-order chi connectivity index (χ1) is 7.01. The highest BCUT2D eigenvalue weighted by atomic mass is 32.2. The predicted octanol–water partition coefficient (Wildman–Crippen LogP) is 2.21. The lowest BCUT2D eigenvalue weighted by molar-refractivity contribution is -0.151. The smallest absolute Gasteiger partial charge is 0.311 e. The summed E-state index contributed by atoms with van der Waals surface area (Å²) in [7, 11) is 0. The summed E-state index contributed by atoms with van der Waals surface area (Å²) in [6.07, 6.45) is 1.61. The van der Waals surface area contributed by atoms with Crippen molar-refractivity contribution in [2.24, 2.45) is 17.1 Å². The molecule has 0 aliphatic rings. The maximum Gasteiger partial charge on any atom is 0.311 e. The molecule has 0 aromatic rings. The Kier molecular flexibility index (Phi) is 7.02. The second kappa shape index (κ2) is 7.12. The molecule has 1 unspecified atom stereocenters. The second-order valence-electron chi connectivity index (χ2n) is 4.12. The van der Waals surface area contributed by atoms with Crippen LogP contribution in [-0.2, 0) is 4.79 Å². The van der Waals surface area contributed by atoms with E-state index in [1.165, 1.54) is 0 Å². The molecule has 3 nitrogen and oxygen atoms in total. The van der Waals surface area contributed by atoms with Crippen LogP contribution in [0.25, 0.3) is 0 Å². The number of nitrogens with two attached hydrogens (primary N) is 1. The maximum atomic E-state index is 11.3. The van der Waals surface area contributed by atoms with Crippen LogP contribution < -0.4 is 5.73 Å². The summed E-state index contributed by atoms with van der Waals surface area (Å²) in [6, 6.07) is 0. The topological polar surface area (TPSA) is 63.3 Å². The molecule has 0 saturated heterocycles. The molecule has 15 heavy (non-hydrogen) atoms. The van der Waals surface area contributed by atoms with Gasteiger partial charge in [-0.15, -0.1) is 0 Å². The Morgan fingerprint density at radius 3 is 2.47 bits per heavy atom. The van der Waals surface area contributed by atoms with Crippen molar-refractivity contribution in [1.29, 1.82) is 0 Å². The largest absolute Gasteiger partial charge is 0.481 e. The highest BCUT2D eigenvalue weighted by Crippen LogP contribution is 2.32. The summed E-state index contributed by atoms with van der Waals surface area (Å²) in [4.78, 5) is 11.3. The number of aliphatic carboxylic acids is 1. The van der Waals surface area contributed by atoms with Crippen LogP contribution >= 0.6 is 11.8 Å². The van der Waals surface area contributed by atoms with Gasteiger partial charge in [-0.05, 0) is 30.3 Å². The van der Waals surface area contributed by atoms with Crippen molar-refractivity contribution in [2.75, 3.05) is 18.1 Å². The number of hydrogen-bond donors (Lipinski definition) is 2. The van der Waals surface area contributed by atoms with Crippen molar-refractivity contribution < 1.29 is 9.90 Å². The van der Waals surface area contributed by atoms with Gasteiger partial charge < -0.3 is 10.8 Å². The van der Waals surface area contributed by atoms with E-state index in [2.05, 4.69) is 6.92 Å². The Morgan fingerprint density at radius 2 is 2.13 bits per heavy atom. The minimum Gasteiger partial charge on any atom is -0.481 e. The van der Waals surface area contributed by atoms with Gasteiger partial charge in [-0.2, -0.15) is 11.8 Å². The second-order valence-corrected chi connectivity index (χ2v) is 5.51. The molecule has 1 atom stereocenters. The van der Waals surface area contributed by atoms with Crippen molar-refractivity contribution in [3.05, 3.63) is 0 Å². The summed E-state index contributed by atoms with van der Waals surface area (Å²) < 4.78 is 0. The Labute approximate surface area is 96.8 Å². The molecule has 0 saturated carbocycles. The first-order valence-electron chi connectivity index (χ1n) is 5.52. The molecule has 0 aliphatic carbocycles. The highest BCUT2D eigenvalue weighted by molar-refractivity contribution is 7.99. The number of hydrogen-bond acceptors (Lipinski definition) is 3. The molecule has 4 heteroatoms. The van der Waals surface area contributed by atoms with Gasteiger partial charge in [0, 0.05) is 6.54 Å². The molecule has 0 aromatic heterocycles. The Bertz CT molecular complexity index is 197. The number of rotatable bonds is 8. The molecule has 90 valence electrons. The zero-order valence-corrected chi connectivity index (χ0v) is 10.8. The van der Waals surface area contributed by atoms with Gasteiger partial charge in [-0.3, -0.25) is 4.79 Å². The number of carboxylic acids is 1. The van der Waals surface area contributed by atoms with Gasteiger partial charge in [-0.1, -0.05) is 20.8 Å². The van der Waals surface area contributed by atoms with Gasteiger partial charge in [0.15, 0.2) is 0 Å². The van der Waals surface area contributed by atoms with E-state index in [1.54, 1.807) is 0 Å². The van der Waals surface area contributed by atoms with E-state index in [0.717, 1.165) is 17.9 Å². The van der Waals surface area contributed by atoms with Crippen LogP contribution in [0.3, 0.4) is 0 Å². The van der Waals surface area contributed by atoms with E-state index in [-0.39, 0.29) is 12.5 Å². The number of carbonyl (C=O) groups is 1. The molecule has 0 spiro atoms. The number of thioether (sulfide) groups is 1. The molecule has 0 radical (unpaired) electrons. The van der Waals surface area contributed by atoms with E-state index >= 15 is 0 Å². The summed E-state index contributed by atoms with van der Waals surface area (Å²) in [5, 5.41) is 9.26. The fourth-order valence-corrected chi connectivity index (χ4v) is 2.34. The lowest BCUT2D eigenvalue weighted by Crippen LogP contribution is -2.43. The third kappa shape index (κ3) is 4.03. The SMILES string of the molecule is CCSCCCC(CN)(C(=O)O)C(C)C. The zero-order chi connectivity index (χ0) is 11.9. The Balaban J connectivity index is 4.30. The van der Waals surface area contributed by atoms with Crippen LogP contribution in [-0.4, -0.2) is 29.1 Å². The lowest BCUT2D eigenvalue weighted by atomic mass is 9.74. The van der Waals surface area contributed by atoms with Crippen LogP contribution in [0.5, 0.6) is 0 Å². The maximum absolute atomic E-state index is 11.3. The molecule has 0 aromatic carbocycles. The van der Waals surface area contributed by atoms with Crippen molar-refractivity contribution in [3.63, 3.8) is 0 Å². The van der Waals surface area contributed by atoms with Gasteiger partial charge in [0.05, 0.1) is 5.41 Å². The third-order valence-electron chi connectivity index (χ3n) is 3.01. The first kappa shape index (κ1) is 14.8. The zero-order valence-electron chi connectivity index (χ0n) is 9.95. The first-order valence-corrected chi connectivity index (χ1v) is 6.68. The lowest BCUT2D eigenvalue weighted by Gasteiger charge is -2.32. The highest BCUT2D eigenvalue weighted by Gasteiger charge is 2.39. The minimum absolute atomic E-state index is 0.0895. The average molecular weight is 233 g/mol. The molecule has 0 heterocycles. The van der Waals surface area contributed by atoms with Gasteiger partial charge in [-0.25, -0.2) is 0 Å². The van der Waals surface area contributed by atoms with E-state index in [4.69, 9.17) is 5.73 Å². The molecular formula is C11H23NO2S. The Hall–Kier alpha value is -0.220. The normalized spacial score (nSPS) is 15.3. The fourth-order valence-electron chi connectivity index (χ4n) is 1.70. The van der Waals surface area contributed by atoms with E-state index < -0.39 is 11.4 Å². The van der Waals surface area contributed by atoms with Gasteiger partial charge in [0.25, 0.3) is 0 Å². The van der Waals surface area contributed by atoms with Crippen molar-refractivity contribution >= 4 is 17.7 Å². The van der Waals surface area contributed by atoms with Gasteiger partial charge in [0.1, 0.15) is 0 Å². The van der Waals surface area contributed by atoms with Crippen LogP contribution in [0.4, 0.5) is 0 Å². The van der Waals surface area contributed by atoms with Crippen LogP contribution in [0.1, 0.15) is 33.6 Å². The standard InChI is InChI=1S/C11H23NO2S/c1-4-15-7-5-6-11(8-12,9(2)3)10(13)14/h9H,4-8,12H2,1-3H3,(H,13,14). The molecule has 0 aliphatic heterocycles. The quantitative estimate of drug-likeness (QED) is 0.631. The molecule has 3 N–H and O–H groups in total. The molecule has 0 amide bonds. The number of carboxylic acid groups (broad SMARTS) is 1. The summed E-state index contributed by atoms with van der Waals surface area (Å²) in [5.41, 5.74) is 4.91. The molecule has 0 bridgehead atoms. The van der Waals surface area contributed by atoms with Crippen LogP contribution in [0, 0.1) is 11.3 Å². The van der Waals surface area contributed by atoms with Crippen LogP contribution in [0.2, 0.25) is 0 Å². The van der Waals surface area contributed by atoms with E-state index in [0.29, 0.717) is 6.42 Å². The van der Waals surface area contributed by atoms with Crippen LogP contribution in [0.15, 0.2) is 0 Å². The van der Waals surface area contributed by atoms with E-state index in [1.807, 2.05) is 25.6 Å². The van der Waals surface area contributed by atoms with Crippen molar-refractivity contribution in [3.8, 4) is 0 Å². The molecular weight excluding hydrogens is 210 g/mol. The average Bonchev–Trinajstić information content (AvgIpc) is 2.17. The Morgan fingerprint density at radius 1 is 1.53 bits per heavy atom. The minimum atomic E-state index is -0.749. The predicted molar refractivity (Wildman–Crippen MR) is 66.2 cm³/mol. The van der Waals surface area contributed by atoms with Gasteiger partial charge >= 0.3 is 5.97 Å². The summed E-state index contributed by atoms with van der Waals surface area (Å²) >= 11 is 1.85. The summed E-state index contributed by atoms with van der Waals surface area (Å²) in [5.74, 6) is 1.45. The fraction of sp³-hybridized carbons (Fsp3) is 0.909. The summed E-state index contributed by atoms with van der Waals surface area (Å²) in [6.45, 7) is 6.22. The van der Waals surface area contributed by atoms with E-state index in [9.17, 15) is 9.90 Å². The van der Waals surface area contributed by atoms with Gasteiger partial charge in [0.2, 0.25) is 0 Å². The monoisotopic (exact) mass is 233 g/mol. The third-order valence-corrected chi connectivity index (χ3v) is 4.00.